The van der Waals surface area contributed by atoms with Crippen LogP contribution >= 0.6 is 27.5 Å². The molecule has 1 fully saturated rings. The molecule has 0 N–H and O–H groups in total. The van der Waals surface area contributed by atoms with Crippen molar-refractivity contribution >= 4 is 27.5 Å². The second kappa shape index (κ2) is 5.55. The van der Waals surface area contributed by atoms with Crippen molar-refractivity contribution in [1.29, 1.82) is 0 Å². The van der Waals surface area contributed by atoms with E-state index in [2.05, 4.69) is 15.9 Å². The van der Waals surface area contributed by atoms with E-state index in [0.29, 0.717) is 17.5 Å². The van der Waals surface area contributed by atoms with Crippen LogP contribution in [0, 0.1) is 5.82 Å². The van der Waals surface area contributed by atoms with Gasteiger partial charge in [-0.25, -0.2) is 4.39 Å². The lowest BCUT2D eigenvalue weighted by molar-refractivity contribution is -0.0770. The molecule has 0 radical (unpaired) electrons. The first-order chi connectivity index (χ1) is 8.11. The maximum atomic E-state index is 13.6. The number of benzene rings is 1. The summed E-state index contributed by atoms with van der Waals surface area (Å²) in [5.74, 6) is -0.140. The van der Waals surface area contributed by atoms with E-state index in [0.717, 1.165) is 0 Å². The average Bonchev–Trinajstić information content (AvgIpc) is 2.28. The van der Waals surface area contributed by atoms with Gasteiger partial charge in [-0.1, -0.05) is 15.9 Å². The van der Waals surface area contributed by atoms with E-state index in [1.165, 1.54) is 6.07 Å². The van der Waals surface area contributed by atoms with Crippen LogP contribution in [0.15, 0.2) is 22.7 Å². The van der Waals surface area contributed by atoms with E-state index in [1.54, 1.807) is 12.1 Å². The highest BCUT2D eigenvalue weighted by molar-refractivity contribution is 9.10. The number of hydrogen-bond acceptors (Lipinski definition) is 2. The quantitative estimate of drug-likeness (QED) is 0.786. The molecular formula is C12H13BrClFO2. The lowest BCUT2D eigenvalue weighted by atomic mass is 9.91. The van der Waals surface area contributed by atoms with E-state index in [9.17, 15) is 4.39 Å². The van der Waals surface area contributed by atoms with Crippen molar-refractivity contribution in [2.75, 3.05) is 6.61 Å². The van der Waals surface area contributed by atoms with Crippen LogP contribution in [0.3, 0.4) is 0 Å². The summed E-state index contributed by atoms with van der Waals surface area (Å²) in [5, 5.41) is -0.0431. The summed E-state index contributed by atoms with van der Waals surface area (Å²) in [6.45, 7) is 2.48. The van der Waals surface area contributed by atoms with E-state index >= 15 is 0 Å². The molecule has 0 spiro atoms. The molecule has 1 aromatic rings. The highest BCUT2D eigenvalue weighted by atomic mass is 79.9. The van der Waals surface area contributed by atoms with Crippen LogP contribution in [0.5, 0.6) is 5.75 Å². The molecule has 1 aliphatic rings. The molecule has 2 nitrogen and oxygen atoms in total. The third-order valence-electron chi connectivity index (χ3n) is 2.71. The zero-order valence-corrected chi connectivity index (χ0v) is 11.7. The van der Waals surface area contributed by atoms with Crippen LogP contribution in [0.1, 0.15) is 13.3 Å². The zero-order chi connectivity index (χ0) is 12.4. The first-order valence-corrected chi connectivity index (χ1v) is 6.72. The first-order valence-electron chi connectivity index (χ1n) is 5.49. The summed E-state index contributed by atoms with van der Waals surface area (Å²) in [6, 6.07) is 4.72. The Balaban J connectivity index is 2.01. The minimum atomic E-state index is -0.382. The number of halogens is 3. The maximum absolute atomic E-state index is 13.6. The van der Waals surface area contributed by atoms with Crippen LogP contribution in [-0.4, -0.2) is 24.2 Å². The monoisotopic (exact) mass is 322 g/mol. The minimum absolute atomic E-state index is 0.0431. The molecule has 17 heavy (non-hydrogen) atoms. The van der Waals surface area contributed by atoms with Gasteiger partial charge in [0.15, 0.2) is 11.6 Å². The summed E-state index contributed by atoms with van der Waals surface area (Å²) in [6.07, 6.45) is 0.375. The van der Waals surface area contributed by atoms with Gasteiger partial charge in [-0.3, -0.25) is 0 Å². The highest BCUT2D eigenvalue weighted by Crippen LogP contribution is 2.34. The van der Waals surface area contributed by atoms with Gasteiger partial charge in [-0.2, -0.15) is 0 Å². The molecule has 0 aromatic heterocycles. The third-order valence-corrected chi connectivity index (χ3v) is 3.63. The molecule has 0 heterocycles. The Morgan fingerprint density at radius 1 is 1.53 bits per heavy atom. The molecule has 1 aromatic carbocycles. The smallest absolute Gasteiger partial charge is 0.166 e. The van der Waals surface area contributed by atoms with Crippen molar-refractivity contribution < 1.29 is 13.9 Å². The van der Waals surface area contributed by atoms with Crippen LogP contribution < -0.4 is 4.74 Å². The molecule has 0 aliphatic heterocycles. The molecule has 2 rings (SSSR count). The van der Waals surface area contributed by atoms with Gasteiger partial charge in [-0.05, 0) is 25.1 Å². The fourth-order valence-electron chi connectivity index (χ4n) is 1.78. The summed E-state index contributed by atoms with van der Waals surface area (Å²) in [5.41, 5.74) is 0. The third kappa shape index (κ3) is 2.92. The van der Waals surface area contributed by atoms with Crippen molar-refractivity contribution in [3.63, 3.8) is 0 Å². The van der Waals surface area contributed by atoms with Crippen molar-refractivity contribution in [3.05, 3.63) is 28.5 Å². The van der Waals surface area contributed by atoms with Gasteiger partial charge < -0.3 is 9.47 Å². The largest absolute Gasteiger partial charge is 0.485 e. The first kappa shape index (κ1) is 13.1. The van der Waals surface area contributed by atoms with Gasteiger partial charge >= 0.3 is 0 Å². The van der Waals surface area contributed by atoms with Crippen molar-refractivity contribution in [1.82, 2.24) is 0 Å². The summed E-state index contributed by atoms with van der Waals surface area (Å²) < 4.78 is 25.3. The normalized spacial score (nSPS) is 27.6. The molecule has 0 amide bonds. The maximum Gasteiger partial charge on any atom is 0.166 e. The van der Waals surface area contributed by atoms with Crippen molar-refractivity contribution in [2.24, 2.45) is 0 Å². The van der Waals surface area contributed by atoms with Crippen LogP contribution in [-0.2, 0) is 4.74 Å². The number of ether oxygens (including phenoxy) is 2. The van der Waals surface area contributed by atoms with Gasteiger partial charge in [0.05, 0.1) is 5.38 Å². The summed E-state index contributed by atoms with van der Waals surface area (Å²) in [4.78, 5) is 0. The van der Waals surface area contributed by atoms with E-state index in [4.69, 9.17) is 21.1 Å². The van der Waals surface area contributed by atoms with Crippen LogP contribution in [0.25, 0.3) is 0 Å². The predicted octanol–water partition coefficient (Wildman–Crippen LogP) is 3.75. The molecule has 0 bridgehead atoms. The molecular weight excluding hydrogens is 310 g/mol. The van der Waals surface area contributed by atoms with Gasteiger partial charge in [-0.15, -0.1) is 11.6 Å². The molecule has 0 saturated heterocycles. The fraction of sp³-hybridized carbons (Fsp3) is 0.500. The number of rotatable bonds is 4. The van der Waals surface area contributed by atoms with E-state index in [-0.39, 0.29) is 29.2 Å². The van der Waals surface area contributed by atoms with Gasteiger partial charge in [0.2, 0.25) is 0 Å². The number of hydrogen-bond donors (Lipinski definition) is 0. The Kier molecular flexibility index (Phi) is 4.28. The summed E-state index contributed by atoms with van der Waals surface area (Å²) in [7, 11) is 0. The van der Waals surface area contributed by atoms with Gasteiger partial charge in [0, 0.05) is 17.5 Å². The Bertz CT molecular complexity index is 402. The second-order valence-corrected chi connectivity index (χ2v) is 5.38. The Hall–Kier alpha value is -0.320. The highest BCUT2D eigenvalue weighted by Gasteiger charge is 2.42. The lowest BCUT2D eigenvalue weighted by Gasteiger charge is -2.40. The van der Waals surface area contributed by atoms with Crippen molar-refractivity contribution in [3.8, 4) is 5.75 Å². The van der Waals surface area contributed by atoms with Crippen LogP contribution in [0.2, 0.25) is 0 Å². The van der Waals surface area contributed by atoms with Gasteiger partial charge in [0.1, 0.15) is 12.2 Å². The Morgan fingerprint density at radius 3 is 2.88 bits per heavy atom. The zero-order valence-electron chi connectivity index (χ0n) is 9.33. The minimum Gasteiger partial charge on any atom is -0.485 e. The molecule has 3 unspecified atom stereocenters. The standard InChI is InChI=1S/C12H13BrClFO2/c1-2-16-12-8(14)6-11(12)17-10-4-3-7(13)5-9(10)15/h3-5,8,11-12H,2,6H2,1H3. The molecule has 1 saturated carbocycles. The van der Waals surface area contributed by atoms with E-state index < -0.39 is 0 Å². The van der Waals surface area contributed by atoms with Gasteiger partial charge in [0.25, 0.3) is 0 Å². The molecule has 5 heteroatoms. The topological polar surface area (TPSA) is 18.5 Å². The predicted molar refractivity (Wildman–Crippen MR) is 68.2 cm³/mol. The molecule has 94 valence electrons. The number of alkyl halides is 1. The lowest BCUT2D eigenvalue weighted by Crippen LogP contribution is -2.52. The Morgan fingerprint density at radius 2 is 2.29 bits per heavy atom. The summed E-state index contributed by atoms with van der Waals surface area (Å²) >= 11 is 9.21. The SMILES string of the molecule is CCOC1C(Cl)CC1Oc1ccc(Br)cc1F. The second-order valence-electron chi connectivity index (χ2n) is 3.90. The average molecular weight is 324 g/mol. The molecule has 3 atom stereocenters. The Labute approximate surface area is 113 Å². The van der Waals surface area contributed by atoms with Crippen molar-refractivity contribution in [2.45, 2.75) is 30.9 Å². The molecule has 1 aliphatic carbocycles. The van der Waals surface area contributed by atoms with E-state index in [1.807, 2.05) is 6.92 Å². The van der Waals surface area contributed by atoms with Crippen LogP contribution in [0.4, 0.5) is 4.39 Å². The fourth-order valence-corrected chi connectivity index (χ4v) is 2.52.